The summed E-state index contributed by atoms with van der Waals surface area (Å²) < 4.78 is 0. The summed E-state index contributed by atoms with van der Waals surface area (Å²) in [6, 6.07) is 8.10. The van der Waals surface area contributed by atoms with Gasteiger partial charge in [0.05, 0.1) is 6.04 Å². The van der Waals surface area contributed by atoms with Crippen molar-refractivity contribution >= 4 is 5.91 Å². The van der Waals surface area contributed by atoms with E-state index in [4.69, 9.17) is 11.5 Å². The molecule has 0 heterocycles. The van der Waals surface area contributed by atoms with E-state index in [0.717, 1.165) is 0 Å². The van der Waals surface area contributed by atoms with Crippen molar-refractivity contribution in [2.24, 2.45) is 11.5 Å². The van der Waals surface area contributed by atoms with Gasteiger partial charge in [0.25, 0.3) is 0 Å². The number of hydrogen-bond acceptors (Lipinski definition) is 3. The van der Waals surface area contributed by atoms with Gasteiger partial charge in [-0.05, 0) is 5.56 Å². The van der Waals surface area contributed by atoms with E-state index in [1.807, 2.05) is 6.07 Å². The maximum atomic E-state index is 10.6. The highest BCUT2D eigenvalue weighted by atomic mass is 16.3. The number of nitrogens with two attached hydrogens (primary N) is 2. The van der Waals surface area contributed by atoms with Crippen LogP contribution in [0.15, 0.2) is 30.3 Å². The molecule has 70 valence electrons. The van der Waals surface area contributed by atoms with E-state index in [9.17, 15) is 9.90 Å². The molecule has 13 heavy (non-hydrogen) atoms. The number of carbonyl (C=O) groups excluding carboxylic acids is 1. The van der Waals surface area contributed by atoms with Crippen LogP contribution in [0.2, 0.25) is 0 Å². The Labute approximate surface area is 76.2 Å². The van der Waals surface area contributed by atoms with Crippen LogP contribution in [0, 0.1) is 0 Å². The summed E-state index contributed by atoms with van der Waals surface area (Å²) >= 11 is 0. The molecule has 1 unspecified atom stereocenters. The van der Waals surface area contributed by atoms with Crippen molar-refractivity contribution in [3.8, 4) is 0 Å². The summed E-state index contributed by atoms with van der Waals surface area (Å²) in [6.45, 7) is 0. The molecule has 1 amide bonds. The summed E-state index contributed by atoms with van der Waals surface area (Å²) in [5.41, 5.74) is 11.2. The van der Waals surface area contributed by atoms with Crippen LogP contribution >= 0.6 is 0 Å². The SMILES string of the molecule is NC(=O)C(O)[C@@H](N)c1ccccc1. The van der Waals surface area contributed by atoms with Crippen molar-refractivity contribution in [1.82, 2.24) is 0 Å². The minimum atomic E-state index is -1.33. The molecular weight excluding hydrogens is 168 g/mol. The lowest BCUT2D eigenvalue weighted by Crippen LogP contribution is -2.37. The van der Waals surface area contributed by atoms with Crippen LogP contribution in [0.3, 0.4) is 0 Å². The van der Waals surface area contributed by atoms with Crippen LogP contribution < -0.4 is 11.5 Å². The largest absolute Gasteiger partial charge is 0.381 e. The van der Waals surface area contributed by atoms with Gasteiger partial charge in [-0.3, -0.25) is 4.79 Å². The van der Waals surface area contributed by atoms with Crippen molar-refractivity contribution < 1.29 is 9.90 Å². The molecule has 0 aromatic heterocycles. The first-order valence-electron chi connectivity index (χ1n) is 3.91. The molecule has 2 atom stereocenters. The van der Waals surface area contributed by atoms with Crippen molar-refractivity contribution in [3.63, 3.8) is 0 Å². The Morgan fingerprint density at radius 3 is 2.31 bits per heavy atom. The van der Waals surface area contributed by atoms with Crippen LogP contribution in [-0.4, -0.2) is 17.1 Å². The molecule has 0 saturated carbocycles. The van der Waals surface area contributed by atoms with Gasteiger partial charge in [-0.25, -0.2) is 0 Å². The third kappa shape index (κ3) is 2.27. The van der Waals surface area contributed by atoms with E-state index in [1.165, 1.54) is 0 Å². The molecule has 0 spiro atoms. The third-order valence-electron chi connectivity index (χ3n) is 1.82. The summed E-state index contributed by atoms with van der Waals surface area (Å²) in [5.74, 6) is -0.809. The second kappa shape index (κ2) is 4.02. The zero-order valence-corrected chi connectivity index (χ0v) is 7.05. The Morgan fingerprint density at radius 2 is 1.85 bits per heavy atom. The number of amides is 1. The summed E-state index contributed by atoms with van der Waals surface area (Å²) in [4.78, 5) is 10.6. The van der Waals surface area contributed by atoms with Gasteiger partial charge in [0.1, 0.15) is 0 Å². The van der Waals surface area contributed by atoms with Gasteiger partial charge in [-0.2, -0.15) is 0 Å². The Hall–Kier alpha value is -1.39. The molecule has 4 nitrogen and oxygen atoms in total. The molecular formula is C9H12N2O2. The van der Waals surface area contributed by atoms with Gasteiger partial charge in [0.15, 0.2) is 6.10 Å². The summed E-state index contributed by atoms with van der Waals surface area (Å²) in [5, 5.41) is 9.25. The number of aliphatic hydroxyl groups is 1. The van der Waals surface area contributed by atoms with E-state index >= 15 is 0 Å². The smallest absolute Gasteiger partial charge is 0.248 e. The first-order chi connectivity index (χ1) is 6.13. The molecule has 0 aliphatic heterocycles. The van der Waals surface area contributed by atoms with Gasteiger partial charge in [-0.1, -0.05) is 30.3 Å². The molecule has 1 aromatic carbocycles. The summed E-state index contributed by atoms with van der Waals surface area (Å²) in [6.07, 6.45) is -1.33. The Morgan fingerprint density at radius 1 is 1.31 bits per heavy atom. The van der Waals surface area contributed by atoms with Crippen molar-refractivity contribution in [2.45, 2.75) is 12.1 Å². The van der Waals surface area contributed by atoms with E-state index < -0.39 is 18.1 Å². The molecule has 0 saturated heterocycles. The van der Waals surface area contributed by atoms with Gasteiger partial charge < -0.3 is 16.6 Å². The number of primary amides is 1. The lowest BCUT2D eigenvalue weighted by Gasteiger charge is -2.15. The fourth-order valence-electron chi connectivity index (χ4n) is 1.03. The van der Waals surface area contributed by atoms with E-state index in [1.54, 1.807) is 24.3 Å². The predicted molar refractivity (Wildman–Crippen MR) is 48.6 cm³/mol. The monoisotopic (exact) mass is 180 g/mol. The van der Waals surface area contributed by atoms with Gasteiger partial charge in [0.2, 0.25) is 5.91 Å². The van der Waals surface area contributed by atoms with Crippen LogP contribution in [-0.2, 0) is 4.79 Å². The Kier molecular flexibility index (Phi) is 3.00. The number of aliphatic hydroxyl groups excluding tert-OH is 1. The van der Waals surface area contributed by atoms with Crippen LogP contribution in [0.25, 0.3) is 0 Å². The van der Waals surface area contributed by atoms with Crippen molar-refractivity contribution in [2.75, 3.05) is 0 Å². The standard InChI is InChI=1S/C9H12N2O2/c10-7(8(12)9(11)13)6-4-2-1-3-5-6/h1-5,7-8,12H,10H2,(H2,11,13)/t7-,8?/m0/s1. The topological polar surface area (TPSA) is 89.3 Å². The normalized spacial score (nSPS) is 14.9. The quantitative estimate of drug-likeness (QED) is 0.587. The molecule has 0 aliphatic rings. The second-order valence-electron chi connectivity index (χ2n) is 2.78. The van der Waals surface area contributed by atoms with E-state index in [0.29, 0.717) is 5.56 Å². The van der Waals surface area contributed by atoms with Crippen molar-refractivity contribution in [1.29, 1.82) is 0 Å². The first-order valence-corrected chi connectivity index (χ1v) is 3.91. The first kappa shape index (κ1) is 9.70. The number of rotatable bonds is 3. The maximum absolute atomic E-state index is 10.6. The lowest BCUT2D eigenvalue weighted by molar-refractivity contribution is -0.127. The molecule has 1 rings (SSSR count). The fourth-order valence-corrected chi connectivity index (χ4v) is 1.03. The highest BCUT2D eigenvalue weighted by Gasteiger charge is 2.21. The predicted octanol–water partition coefficient (Wildman–Crippen LogP) is -0.467. The molecule has 0 aliphatic carbocycles. The molecule has 5 N–H and O–H groups in total. The van der Waals surface area contributed by atoms with E-state index in [2.05, 4.69) is 0 Å². The molecule has 4 heteroatoms. The Bertz CT molecular complexity index is 287. The average molecular weight is 180 g/mol. The minimum Gasteiger partial charge on any atom is -0.381 e. The zero-order chi connectivity index (χ0) is 9.84. The fraction of sp³-hybridized carbons (Fsp3) is 0.222. The van der Waals surface area contributed by atoms with Gasteiger partial charge >= 0.3 is 0 Å². The molecule has 1 aromatic rings. The van der Waals surface area contributed by atoms with Gasteiger partial charge in [-0.15, -0.1) is 0 Å². The van der Waals surface area contributed by atoms with Gasteiger partial charge in [0, 0.05) is 0 Å². The van der Waals surface area contributed by atoms with Crippen molar-refractivity contribution in [3.05, 3.63) is 35.9 Å². The Balaban J connectivity index is 2.79. The molecule has 0 fully saturated rings. The number of benzene rings is 1. The average Bonchev–Trinajstić information content (AvgIpc) is 2.17. The summed E-state index contributed by atoms with van der Waals surface area (Å²) in [7, 11) is 0. The lowest BCUT2D eigenvalue weighted by atomic mass is 10.0. The van der Waals surface area contributed by atoms with Crippen LogP contribution in [0.4, 0.5) is 0 Å². The highest BCUT2D eigenvalue weighted by molar-refractivity contribution is 5.79. The number of carbonyl (C=O) groups is 1. The number of hydrogen-bond donors (Lipinski definition) is 3. The third-order valence-corrected chi connectivity index (χ3v) is 1.82. The van der Waals surface area contributed by atoms with Crippen LogP contribution in [0.1, 0.15) is 11.6 Å². The van der Waals surface area contributed by atoms with E-state index in [-0.39, 0.29) is 0 Å². The van der Waals surface area contributed by atoms with Crippen LogP contribution in [0.5, 0.6) is 0 Å². The maximum Gasteiger partial charge on any atom is 0.248 e. The highest BCUT2D eigenvalue weighted by Crippen LogP contribution is 2.12. The second-order valence-corrected chi connectivity index (χ2v) is 2.78. The minimum absolute atomic E-state index is 0.689. The molecule has 0 radical (unpaired) electrons. The zero-order valence-electron chi connectivity index (χ0n) is 7.05. The molecule has 0 bridgehead atoms.